The summed E-state index contributed by atoms with van der Waals surface area (Å²) < 4.78 is 0. The summed E-state index contributed by atoms with van der Waals surface area (Å²) in [6.07, 6.45) is 1.16. The first-order chi connectivity index (χ1) is 9.55. The molecule has 0 radical (unpaired) electrons. The summed E-state index contributed by atoms with van der Waals surface area (Å²) in [7, 11) is 0. The van der Waals surface area contributed by atoms with Crippen LogP contribution in [0.1, 0.15) is 49.2 Å². The summed E-state index contributed by atoms with van der Waals surface area (Å²) in [6.45, 7) is 10.1. The Morgan fingerprint density at radius 3 is 2.45 bits per heavy atom. The molecule has 0 spiro atoms. The van der Waals surface area contributed by atoms with Gasteiger partial charge in [-0.05, 0) is 42.5 Å². The number of hydrogen-bond acceptors (Lipinski definition) is 2. The second-order valence-corrected chi connectivity index (χ2v) is 7.08. The monoisotopic (exact) mass is 287 g/mol. The van der Waals surface area contributed by atoms with Crippen molar-refractivity contribution in [1.82, 2.24) is 5.32 Å². The second-order valence-electron chi connectivity index (χ2n) is 5.97. The van der Waals surface area contributed by atoms with Crippen molar-refractivity contribution < 1.29 is 0 Å². The molecule has 1 atom stereocenters. The first-order valence-corrected chi connectivity index (χ1v) is 8.27. The molecule has 0 aliphatic rings. The lowest BCUT2D eigenvalue weighted by Gasteiger charge is -2.35. The molecule has 20 heavy (non-hydrogen) atoms. The van der Waals surface area contributed by atoms with E-state index >= 15 is 0 Å². The van der Waals surface area contributed by atoms with Gasteiger partial charge in [-0.3, -0.25) is 0 Å². The molecule has 1 nitrogen and oxygen atoms in total. The number of rotatable bonds is 6. The van der Waals surface area contributed by atoms with E-state index in [0.717, 1.165) is 13.0 Å². The van der Waals surface area contributed by atoms with E-state index in [1.807, 2.05) is 11.3 Å². The fraction of sp³-hybridized carbons (Fsp3) is 0.444. The molecule has 0 fully saturated rings. The summed E-state index contributed by atoms with van der Waals surface area (Å²) in [5, 5.41) is 6.04. The van der Waals surface area contributed by atoms with Gasteiger partial charge in [-0.1, -0.05) is 51.1 Å². The van der Waals surface area contributed by atoms with Crippen molar-refractivity contribution in [2.45, 2.75) is 45.6 Å². The maximum Gasteiger partial charge on any atom is 0.0421 e. The van der Waals surface area contributed by atoms with Gasteiger partial charge in [-0.25, -0.2) is 0 Å². The van der Waals surface area contributed by atoms with Crippen LogP contribution in [-0.4, -0.2) is 6.54 Å². The molecule has 1 N–H and O–H groups in total. The fourth-order valence-electron chi connectivity index (χ4n) is 2.73. The first-order valence-electron chi connectivity index (χ1n) is 7.39. The van der Waals surface area contributed by atoms with E-state index in [-0.39, 0.29) is 5.41 Å². The Kier molecular flexibility index (Phi) is 5.00. The highest BCUT2D eigenvalue weighted by atomic mass is 32.1. The van der Waals surface area contributed by atoms with E-state index in [9.17, 15) is 0 Å². The minimum atomic E-state index is 0.0734. The van der Waals surface area contributed by atoms with Gasteiger partial charge in [0.25, 0.3) is 0 Å². The molecule has 0 amide bonds. The zero-order valence-electron chi connectivity index (χ0n) is 12.9. The molecule has 108 valence electrons. The molecular weight excluding hydrogens is 262 g/mol. The Morgan fingerprint density at radius 2 is 1.90 bits per heavy atom. The normalized spacial score (nSPS) is 13.4. The molecule has 1 unspecified atom stereocenters. The SMILES string of the molecule is CCCNC(c1csc(C)c1)C(C)(C)c1ccccc1. The Bertz CT molecular complexity index is 527. The number of nitrogens with one attached hydrogen (secondary N) is 1. The van der Waals surface area contributed by atoms with Gasteiger partial charge in [0.15, 0.2) is 0 Å². The largest absolute Gasteiger partial charge is 0.309 e. The van der Waals surface area contributed by atoms with Crippen molar-refractivity contribution in [3.05, 3.63) is 57.8 Å². The topological polar surface area (TPSA) is 12.0 Å². The van der Waals surface area contributed by atoms with Crippen LogP contribution < -0.4 is 5.32 Å². The third kappa shape index (κ3) is 3.31. The highest BCUT2D eigenvalue weighted by Gasteiger charge is 2.32. The van der Waals surface area contributed by atoms with E-state index in [2.05, 4.69) is 74.8 Å². The molecule has 1 heterocycles. The van der Waals surface area contributed by atoms with E-state index in [0.29, 0.717) is 6.04 Å². The van der Waals surface area contributed by atoms with Gasteiger partial charge >= 0.3 is 0 Å². The maximum atomic E-state index is 3.74. The third-order valence-electron chi connectivity index (χ3n) is 3.92. The van der Waals surface area contributed by atoms with Crippen LogP contribution in [0.5, 0.6) is 0 Å². The lowest BCUT2D eigenvalue weighted by Crippen LogP contribution is -2.37. The molecule has 2 aromatic rings. The molecule has 0 saturated heterocycles. The minimum Gasteiger partial charge on any atom is -0.309 e. The quantitative estimate of drug-likeness (QED) is 0.781. The van der Waals surface area contributed by atoms with E-state index < -0.39 is 0 Å². The fourth-order valence-corrected chi connectivity index (χ4v) is 3.46. The standard InChI is InChI=1S/C18H25NS/c1-5-11-19-17(15-12-14(2)20-13-15)18(3,4)16-9-7-6-8-10-16/h6-10,12-13,17,19H,5,11H2,1-4H3. The minimum absolute atomic E-state index is 0.0734. The smallest absolute Gasteiger partial charge is 0.0421 e. The predicted molar refractivity (Wildman–Crippen MR) is 89.6 cm³/mol. The average molecular weight is 287 g/mol. The summed E-state index contributed by atoms with van der Waals surface area (Å²) in [4.78, 5) is 1.38. The van der Waals surface area contributed by atoms with Crippen LogP contribution in [0.3, 0.4) is 0 Å². The van der Waals surface area contributed by atoms with E-state index in [1.165, 1.54) is 16.0 Å². The van der Waals surface area contributed by atoms with Crippen LogP contribution in [0.2, 0.25) is 0 Å². The van der Waals surface area contributed by atoms with Gasteiger partial charge in [0.2, 0.25) is 0 Å². The third-order valence-corrected chi connectivity index (χ3v) is 4.80. The van der Waals surface area contributed by atoms with Gasteiger partial charge in [0.05, 0.1) is 0 Å². The zero-order chi connectivity index (χ0) is 14.6. The van der Waals surface area contributed by atoms with Crippen LogP contribution in [0.15, 0.2) is 41.8 Å². The van der Waals surface area contributed by atoms with Crippen LogP contribution in [0.4, 0.5) is 0 Å². The molecular formula is C18H25NS. The summed E-state index contributed by atoms with van der Waals surface area (Å²) in [6, 6.07) is 13.5. The Morgan fingerprint density at radius 1 is 1.20 bits per heavy atom. The van der Waals surface area contributed by atoms with E-state index in [4.69, 9.17) is 0 Å². The van der Waals surface area contributed by atoms with Crippen LogP contribution in [0.25, 0.3) is 0 Å². The van der Waals surface area contributed by atoms with Gasteiger partial charge in [0, 0.05) is 16.3 Å². The van der Waals surface area contributed by atoms with E-state index in [1.54, 1.807) is 0 Å². The summed E-state index contributed by atoms with van der Waals surface area (Å²) >= 11 is 1.84. The molecule has 0 bridgehead atoms. The van der Waals surface area contributed by atoms with Gasteiger partial charge in [-0.2, -0.15) is 0 Å². The highest BCUT2D eigenvalue weighted by molar-refractivity contribution is 7.10. The number of benzene rings is 1. The van der Waals surface area contributed by atoms with Gasteiger partial charge in [-0.15, -0.1) is 11.3 Å². The summed E-state index contributed by atoms with van der Waals surface area (Å²) in [5.74, 6) is 0. The summed E-state index contributed by atoms with van der Waals surface area (Å²) in [5.41, 5.74) is 2.87. The van der Waals surface area contributed by atoms with Crippen molar-refractivity contribution in [2.24, 2.45) is 0 Å². The molecule has 1 aromatic carbocycles. The zero-order valence-corrected chi connectivity index (χ0v) is 13.8. The first kappa shape index (κ1) is 15.3. The highest BCUT2D eigenvalue weighted by Crippen LogP contribution is 2.38. The average Bonchev–Trinajstić information content (AvgIpc) is 2.86. The van der Waals surface area contributed by atoms with Crippen molar-refractivity contribution in [3.8, 4) is 0 Å². The molecule has 0 aliphatic carbocycles. The number of aryl methyl sites for hydroxylation is 1. The lowest BCUT2D eigenvalue weighted by molar-refractivity contribution is 0.349. The van der Waals surface area contributed by atoms with Crippen molar-refractivity contribution in [2.75, 3.05) is 6.54 Å². The Balaban J connectivity index is 2.35. The molecule has 0 saturated carbocycles. The predicted octanol–water partition coefficient (Wildman–Crippen LogP) is 5.08. The van der Waals surface area contributed by atoms with Gasteiger partial charge in [0.1, 0.15) is 0 Å². The van der Waals surface area contributed by atoms with Crippen LogP contribution in [-0.2, 0) is 5.41 Å². The number of hydrogen-bond donors (Lipinski definition) is 1. The lowest BCUT2D eigenvalue weighted by atomic mass is 9.75. The molecule has 2 heteroatoms. The van der Waals surface area contributed by atoms with Crippen molar-refractivity contribution in [3.63, 3.8) is 0 Å². The number of thiophene rings is 1. The Labute approximate surface area is 127 Å². The Hall–Kier alpha value is -1.12. The molecule has 2 rings (SSSR count). The van der Waals surface area contributed by atoms with Crippen molar-refractivity contribution >= 4 is 11.3 Å². The second kappa shape index (κ2) is 6.55. The molecule has 1 aromatic heterocycles. The van der Waals surface area contributed by atoms with Crippen LogP contribution >= 0.6 is 11.3 Å². The molecule has 0 aliphatic heterocycles. The maximum absolute atomic E-state index is 3.74. The van der Waals surface area contributed by atoms with Gasteiger partial charge < -0.3 is 5.32 Å². The van der Waals surface area contributed by atoms with Crippen molar-refractivity contribution in [1.29, 1.82) is 0 Å². The van der Waals surface area contributed by atoms with Crippen LogP contribution in [0, 0.1) is 6.92 Å².